The molecule has 1 aliphatic rings. The molecule has 0 fully saturated rings. The third kappa shape index (κ3) is 3.24. The van der Waals surface area contributed by atoms with Crippen LogP contribution in [0.2, 0.25) is 5.02 Å². The second-order valence-electron chi connectivity index (χ2n) is 6.36. The van der Waals surface area contributed by atoms with Gasteiger partial charge in [-0.15, -0.1) is 0 Å². The zero-order chi connectivity index (χ0) is 17.2. The van der Waals surface area contributed by atoms with Crippen LogP contribution >= 0.6 is 11.6 Å². The van der Waals surface area contributed by atoms with Crippen LogP contribution in [0.4, 0.5) is 0 Å². The van der Waals surface area contributed by atoms with Crippen molar-refractivity contribution in [2.24, 2.45) is 0 Å². The molecule has 4 rings (SSSR count). The van der Waals surface area contributed by atoms with E-state index in [0.29, 0.717) is 22.8 Å². The molecule has 128 valence electrons. The molecule has 1 amide bonds. The van der Waals surface area contributed by atoms with Crippen LogP contribution in [0.5, 0.6) is 0 Å². The highest BCUT2D eigenvalue weighted by atomic mass is 35.5. The summed E-state index contributed by atoms with van der Waals surface area (Å²) < 4.78 is 1.84. The summed E-state index contributed by atoms with van der Waals surface area (Å²) in [5.74, 6) is -0.132. The first-order chi connectivity index (χ1) is 12.2. The Labute approximate surface area is 151 Å². The first kappa shape index (κ1) is 16.1. The van der Waals surface area contributed by atoms with E-state index in [1.165, 1.54) is 17.7 Å². The summed E-state index contributed by atoms with van der Waals surface area (Å²) in [6.45, 7) is 0.558. The standard InChI is InChI=1S/C19H19ClN4O/c20-15-7-5-13(6-8-15)9-10-21-19(25)16-12-23-24-17-4-2-1-3-14(17)11-22-18(16)24/h5-8,11-12H,1-4,9-10H2,(H,21,25). The predicted molar refractivity (Wildman–Crippen MR) is 97.1 cm³/mol. The molecule has 3 aromatic rings. The van der Waals surface area contributed by atoms with Gasteiger partial charge in [0.15, 0.2) is 5.65 Å². The number of amides is 1. The van der Waals surface area contributed by atoms with E-state index in [2.05, 4.69) is 15.4 Å². The summed E-state index contributed by atoms with van der Waals surface area (Å²) in [5.41, 5.74) is 4.75. The molecule has 0 radical (unpaired) electrons. The summed E-state index contributed by atoms with van der Waals surface area (Å²) in [4.78, 5) is 17.0. The average molecular weight is 355 g/mol. The highest BCUT2D eigenvalue weighted by Crippen LogP contribution is 2.22. The molecule has 0 saturated carbocycles. The Balaban J connectivity index is 1.47. The lowest BCUT2D eigenvalue weighted by atomic mass is 9.97. The van der Waals surface area contributed by atoms with Gasteiger partial charge in [0.25, 0.3) is 5.91 Å². The van der Waals surface area contributed by atoms with Crippen molar-refractivity contribution in [2.75, 3.05) is 6.54 Å². The maximum Gasteiger partial charge on any atom is 0.256 e. The van der Waals surface area contributed by atoms with Gasteiger partial charge >= 0.3 is 0 Å². The molecular formula is C19H19ClN4O. The molecule has 0 spiro atoms. The predicted octanol–water partition coefficient (Wildman–Crippen LogP) is 3.23. The van der Waals surface area contributed by atoms with Crippen LogP contribution in [0.15, 0.2) is 36.7 Å². The molecule has 0 unspecified atom stereocenters. The van der Waals surface area contributed by atoms with E-state index < -0.39 is 0 Å². The van der Waals surface area contributed by atoms with Gasteiger partial charge < -0.3 is 5.32 Å². The molecule has 1 aliphatic carbocycles. The van der Waals surface area contributed by atoms with Crippen molar-refractivity contribution in [3.63, 3.8) is 0 Å². The molecule has 5 nitrogen and oxygen atoms in total. The Bertz CT molecular complexity index is 917. The number of fused-ring (bicyclic) bond motifs is 3. The number of aromatic nitrogens is 3. The molecule has 25 heavy (non-hydrogen) atoms. The van der Waals surface area contributed by atoms with Gasteiger partial charge in [-0.1, -0.05) is 23.7 Å². The average Bonchev–Trinajstić information content (AvgIpc) is 3.08. The number of benzene rings is 1. The number of carbonyl (C=O) groups is 1. The maximum absolute atomic E-state index is 12.5. The van der Waals surface area contributed by atoms with Crippen LogP contribution < -0.4 is 5.32 Å². The van der Waals surface area contributed by atoms with E-state index in [-0.39, 0.29) is 5.91 Å². The number of hydrogen-bond acceptors (Lipinski definition) is 3. The minimum atomic E-state index is -0.132. The molecule has 0 atom stereocenters. The number of carbonyl (C=O) groups excluding carboxylic acids is 1. The van der Waals surface area contributed by atoms with Crippen LogP contribution in [0.3, 0.4) is 0 Å². The fourth-order valence-corrected chi connectivity index (χ4v) is 3.45. The number of halogens is 1. The number of hydrogen-bond donors (Lipinski definition) is 1. The molecule has 0 aliphatic heterocycles. The topological polar surface area (TPSA) is 59.3 Å². The first-order valence-corrected chi connectivity index (χ1v) is 8.97. The van der Waals surface area contributed by atoms with E-state index in [1.807, 2.05) is 35.0 Å². The van der Waals surface area contributed by atoms with Gasteiger partial charge in [-0.05, 0) is 55.4 Å². The summed E-state index contributed by atoms with van der Waals surface area (Å²) >= 11 is 5.88. The van der Waals surface area contributed by atoms with Crippen molar-refractivity contribution >= 4 is 23.2 Å². The molecular weight excluding hydrogens is 336 g/mol. The van der Waals surface area contributed by atoms with Crippen molar-refractivity contribution < 1.29 is 4.79 Å². The van der Waals surface area contributed by atoms with E-state index >= 15 is 0 Å². The van der Waals surface area contributed by atoms with Crippen molar-refractivity contribution in [1.29, 1.82) is 0 Å². The third-order valence-corrected chi connectivity index (χ3v) is 4.93. The zero-order valence-electron chi connectivity index (χ0n) is 13.8. The second kappa shape index (κ2) is 6.84. The van der Waals surface area contributed by atoms with Gasteiger partial charge in [-0.2, -0.15) is 5.10 Å². The number of nitrogens with zero attached hydrogens (tertiary/aromatic N) is 3. The summed E-state index contributed by atoms with van der Waals surface area (Å²) in [6.07, 6.45) is 8.66. The maximum atomic E-state index is 12.5. The Morgan fingerprint density at radius 2 is 1.96 bits per heavy atom. The molecule has 1 N–H and O–H groups in total. The number of rotatable bonds is 4. The SMILES string of the molecule is O=C(NCCc1ccc(Cl)cc1)c1cnn2c3c(cnc12)CCCC3. The minimum Gasteiger partial charge on any atom is -0.352 e. The lowest BCUT2D eigenvalue weighted by molar-refractivity contribution is 0.0955. The van der Waals surface area contributed by atoms with E-state index in [0.717, 1.165) is 31.2 Å². The zero-order valence-corrected chi connectivity index (χ0v) is 14.6. The van der Waals surface area contributed by atoms with Gasteiger partial charge in [0.2, 0.25) is 0 Å². The van der Waals surface area contributed by atoms with Crippen LogP contribution in [0.25, 0.3) is 5.65 Å². The molecule has 1 aromatic carbocycles. The monoisotopic (exact) mass is 354 g/mol. The fourth-order valence-electron chi connectivity index (χ4n) is 3.32. The minimum absolute atomic E-state index is 0.132. The lowest BCUT2D eigenvalue weighted by Gasteiger charge is -2.15. The van der Waals surface area contributed by atoms with Crippen LogP contribution in [-0.2, 0) is 19.3 Å². The van der Waals surface area contributed by atoms with E-state index in [4.69, 9.17) is 11.6 Å². The Morgan fingerprint density at radius 3 is 2.80 bits per heavy atom. The summed E-state index contributed by atoms with van der Waals surface area (Å²) in [6, 6.07) is 7.66. The van der Waals surface area contributed by atoms with Gasteiger partial charge in [-0.3, -0.25) is 4.79 Å². The first-order valence-electron chi connectivity index (χ1n) is 8.59. The van der Waals surface area contributed by atoms with Crippen molar-refractivity contribution in [2.45, 2.75) is 32.1 Å². The summed E-state index contributed by atoms with van der Waals surface area (Å²) in [7, 11) is 0. The number of aryl methyl sites for hydroxylation is 2. The third-order valence-electron chi connectivity index (χ3n) is 4.68. The quantitative estimate of drug-likeness (QED) is 0.782. The van der Waals surface area contributed by atoms with Crippen LogP contribution in [0, 0.1) is 0 Å². The summed E-state index contributed by atoms with van der Waals surface area (Å²) in [5, 5.41) is 8.08. The van der Waals surface area contributed by atoms with Gasteiger partial charge in [0.1, 0.15) is 5.56 Å². The Morgan fingerprint density at radius 1 is 1.16 bits per heavy atom. The molecule has 2 aromatic heterocycles. The van der Waals surface area contributed by atoms with Crippen molar-refractivity contribution in [3.8, 4) is 0 Å². The Hall–Kier alpha value is -2.40. The van der Waals surface area contributed by atoms with Crippen molar-refractivity contribution in [1.82, 2.24) is 19.9 Å². The molecule has 6 heteroatoms. The highest BCUT2D eigenvalue weighted by Gasteiger charge is 2.19. The highest BCUT2D eigenvalue weighted by molar-refractivity contribution is 6.30. The molecule has 2 heterocycles. The van der Waals surface area contributed by atoms with Gasteiger partial charge in [0, 0.05) is 23.5 Å². The fraction of sp³-hybridized carbons (Fsp3) is 0.316. The molecule has 0 saturated heterocycles. The normalized spacial score (nSPS) is 13.6. The van der Waals surface area contributed by atoms with E-state index in [9.17, 15) is 4.79 Å². The van der Waals surface area contributed by atoms with Crippen LogP contribution in [0.1, 0.15) is 40.0 Å². The number of nitrogens with one attached hydrogen (secondary N) is 1. The Kier molecular flexibility index (Phi) is 4.40. The second-order valence-corrected chi connectivity index (χ2v) is 6.80. The van der Waals surface area contributed by atoms with Crippen molar-refractivity contribution in [3.05, 3.63) is 64.1 Å². The van der Waals surface area contributed by atoms with Crippen LogP contribution in [-0.4, -0.2) is 27.0 Å². The largest absolute Gasteiger partial charge is 0.352 e. The smallest absolute Gasteiger partial charge is 0.256 e. The van der Waals surface area contributed by atoms with Gasteiger partial charge in [0.05, 0.1) is 6.20 Å². The molecule has 0 bridgehead atoms. The lowest BCUT2D eigenvalue weighted by Crippen LogP contribution is -2.25. The van der Waals surface area contributed by atoms with E-state index in [1.54, 1.807) is 6.20 Å². The van der Waals surface area contributed by atoms with Gasteiger partial charge in [-0.25, -0.2) is 9.50 Å².